The summed E-state index contributed by atoms with van der Waals surface area (Å²) < 4.78 is 3.07. The van der Waals surface area contributed by atoms with Gasteiger partial charge in [-0.3, -0.25) is 4.68 Å². The average molecular weight is 288 g/mol. The van der Waals surface area contributed by atoms with Crippen LogP contribution in [0.25, 0.3) is 0 Å². The van der Waals surface area contributed by atoms with Crippen LogP contribution in [-0.4, -0.2) is 9.78 Å². The van der Waals surface area contributed by atoms with Gasteiger partial charge in [0.1, 0.15) is 0 Å². The summed E-state index contributed by atoms with van der Waals surface area (Å²) in [6, 6.07) is 0.106. The third kappa shape index (κ3) is 3.59. The van der Waals surface area contributed by atoms with Crippen molar-refractivity contribution in [3.63, 3.8) is 0 Å². The Morgan fingerprint density at radius 2 is 2.12 bits per heavy atom. The van der Waals surface area contributed by atoms with Crippen LogP contribution < -0.4 is 5.73 Å². The third-order valence-electron chi connectivity index (χ3n) is 2.74. The molecule has 0 bridgehead atoms. The molecule has 0 aromatic carbocycles. The van der Waals surface area contributed by atoms with Gasteiger partial charge in [0, 0.05) is 12.6 Å². The summed E-state index contributed by atoms with van der Waals surface area (Å²) >= 11 is 3.53. The molecule has 0 saturated heterocycles. The lowest BCUT2D eigenvalue weighted by atomic mass is 10.1. The molecule has 0 saturated carbocycles. The highest BCUT2D eigenvalue weighted by Gasteiger charge is 2.15. The molecule has 92 valence electrons. The molecule has 0 aliphatic heterocycles. The normalized spacial score (nSPS) is 13.0. The zero-order valence-corrected chi connectivity index (χ0v) is 11.8. The molecule has 1 aromatic heterocycles. The van der Waals surface area contributed by atoms with Gasteiger partial charge in [0.15, 0.2) is 0 Å². The van der Waals surface area contributed by atoms with Crippen LogP contribution in [0.15, 0.2) is 10.7 Å². The molecule has 3 nitrogen and oxygen atoms in total. The van der Waals surface area contributed by atoms with E-state index in [0.29, 0.717) is 0 Å². The monoisotopic (exact) mass is 287 g/mol. The topological polar surface area (TPSA) is 43.8 Å². The second-order valence-electron chi connectivity index (χ2n) is 4.20. The van der Waals surface area contributed by atoms with Crippen molar-refractivity contribution in [2.24, 2.45) is 5.73 Å². The number of aromatic nitrogens is 2. The second kappa shape index (κ2) is 7.07. The van der Waals surface area contributed by atoms with E-state index in [4.69, 9.17) is 5.73 Å². The lowest BCUT2D eigenvalue weighted by molar-refractivity contribution is 0.504. The van der Waals surface area contributed by atoms with Crippen molar-refractivity contribution in [1.29, 1.82) is 0 Å². The molecular formula is C12H22BrN3. The highest BCUT2D eigenvalue weighted by atomic mass is 79.9. The fourth-order valence-electron chi connectivity index (χ4n) is 1.88. The number of halogens is 1. The predicted molar refractivity (Wildman–Crippen MR) is 71.3 cm³/mol. The zero-order chi connectivity index (χ0) is 12.0. The van der Waals surface area contributed by atoms with Crippen LogP contribution in [0.1, 0.15) is 57.7 Å². The van der Waals surface area contributed by atoms with E-state index in [1.54, 1.807) is 0 Å². The van der Waals surface area contributed by atoms with E-state index in [1.165, 1.54) is 19.3 Å². The minimum absolute atomic E-state index is 0.106. The Bertz CT molecular complexity index is 309. The molecule has 1 atom stereocenters. The maximum atomic E-state index is 6.22. The number of hydrogen-bond acceptors (Lipinski definition) is 2. The quantitative estimate of drug-likeness (QED) is 0.778. The lowest BCUT2D eigenvalue weighted by Crippen LogP contribution is -2.17. The van der Waals surface area contributed by atoms with E-state index in [9.17, 15) is 0 Å². The molecule has 0 aliphatic rings. The van der Waals surface area contributed by atoms with Crippen molar-refractivity contribution >= 4 is 15.9 Å². The van der Waals surface area contributed by atoms with Gasteiger partial charge < -0.3 is 5.73 Å². The van der Waals surface area contributed by atoms with Gasteiger partial charge in [-0.2, -0.15) is 5.10 Å². The van der Waals surface area contributed by atoms with Crippen LogP contribution in [0, 0.1) is 0 Å². The molecule has 4 heteroatoms. The second-order valence-corrected chi connectivity index (χ2v) is 5.06. The largest absolute Gasteiger partial charge is 0.323 e. The Labute approximate surface area is 107 Å². The minimum atomic E-state index is 0.106. The first-order chi connectivity index (χ1) is 7.70. The zero-order valence-electron chi connectivity index (χ0n) is 10.2. The van der Waals surface area contributed by atoms with Gasteiger partial charge in [-0.15, -0.1) is 0 Å². The standard InChI is InChI=1S/C12H22BrN3/c1-3-5-6-7-11(14)12-10(13)9-15-16(12)8-4-2/h9,11H,3-8,14H2,1-2H3. The Morgan fingerprint density at radius 1 is 1.38 bits per heavy atom. The van der Waals surface area contributed by atoms with Gasteiger partial charge in [-0.05, 0) is 28.8 Å². The Morgan fingerprint density at radius 3 is 2.75 bits per heavy atom. The summed E-state index contributed by atoms with van der Waals surface area (Å²) in [7, 11) is 0. The van der Waals surface area contributed by atoms with Crippen molar-refractivity contribution in [1.82, 2.24) is 9.78 Å². The van der Waals surface area contributed by atoms with E-state index in [-0.39, 0.29) is 6.04 Å². The number of nitrogens with two attached hydrogens (primary N) is 1. The van der Waals surface area contributed by atoms with E-state index in [0.717, 1.165) is 29.6 Å². The van der Waals surface area contributed by atoms with E-state index in [1.807, 2.05) is 10.9 Å². The number of aryl methyl sites for hydroxylation is 1. The van der Waals surface area contributed by atoms with Crippen LogP contribution in [0.5, 0.6) is 0 Å². The maximum Gasteiger partial charge on any atom is 0.0693 e. The highest BCUT2D eigenvalue weighted by Crippen LogP contribution is 2.25. The minimum Gasteiger partial charge on any atom is -0.323 e. The summed E-state index contributed by atoms with van der Waals surface area (Å²) in [6.07, 6.45) is 7.67. The molecule has 16 heavy (non-hydrogen) atoms. The smallest absolute Gasteiger partial charge is 0.0693 e. The van der Waals surface area contributed by atoms with E-state index < -0.39 is 0 Å². The van der Waals surface area contributed by atoms with Gasteiger partial charge >= 0.3 is 0 Å². The third-order valence-corrected chi connectivity index (χ3v) is 3.35. The van der Waals surface area contributed by atoms with Crippen molar-refractivity contribution in [2.75, 3.05) is 0 Å². The van der Waals surface area contributed by atoms with Crippen molar-refractivity contribution in [3.8, 4) is 0 Å². The fourth-order valence-corrected chi connectivity index (χ4v) is 2.47. The van der Waals surface area contributed by atoms with Crippen LogP contribution in [-0.2, 0) is 6.54 Å². The number of unbranched alkanes of at least 4 members (excludes halogenated alkanes) is 2. The summed E-state index contributed by atoms with van der Waals surface area (Å²) in [4.78, 5) is 0. The van der Waals surface area contributed by atoms with Crippen LogP contribution >= 0.6 is 15.9 Å². The van der Waals surface area contributed by atoms with Crippen LogP contribution in [0.4, 0.5) is 0 Å². The first-order valence-corrected chi connectivity index (χ1v) is 6.96. The van der Waals surface area contributed by atoms with Gasteiger partial charge in [-0.25, -0.2) is 0 Å². The molecule has 0 spiro atoms. The molecule has 0 aliphatic carbocycles. The first-order valence-electron chi connectivity index (χ1n) is 6.17. The van der Waals surface area contributed by atoms with Crippen LogP contribution in [0.2, 0.25) is 0 Å². The van der Waals surface area contributed by atoms with E-state index in [2.05, 4.69) is 34.9 Å². The number of rotatable bonds is 7. The molecule has 0 fully saturated rings. The Kier molecular flexibility index (Phi) is 6.06. The van der Waals surface area contributed by atoms with E-state index >= 15 is 0 Å². The molecule has 0 amide bonds. The summed E-state index contributed by atoms with van der Waals surface area (Å²) in [5.74, 6) is 0. The molecular weight excluding hydrogens is 266 g/mol. The number of nitrogens with zero attached hydrogens (tertiary/aromatic N) is 2. The van der Waals surface area contributed by atoms with Crippen molar-refractivity contribution in [2.45, 2.75) is 58.5 Å². The van der Waals surface area contributed by atoms with Crippen LogP contribution in [0.3, 0.4) is 0 Å². The molecule has 1 aromatic rings. The highest BCUT2D eigenvalue weighted by molar-refractivity contribution is 9.10. The van der Waals surface area contributed by atoms with Gasteiger partial charge in [-0.1, -0.05) is 33.1 Å². The summed E-state index contributed by atoms with van der Waals surface area (Å²) in [5.41, 5.74) is 7.37. The van der Waals surface area contributed by atoms with Gasteiger partial charge in [0.25, 0.3) is 0 Å². The molecule has 0 radical (unpaired) electrons. The number of hydrogen-bond donors (Lipinski definition) is 1. The Hall–Kier alpha value is -0.350. The molecule has 1 unspecified atom stereocenters. The Balaban J connectivity index is 2.65. The first kappa shape index (κ1) is 13.7. The summed E-state index contributed by atoms with van der Waals surface area (Å²) in [5, 5.41) is 4.34. The maximum absolute atomic E-state index is 6.22. The molecule has 2 N–H and O–H groups in total. The fraction of sp³-hybridized carbons (Fsp3) is 0.750. The lowest BCUT2D eigenvalue weighted by Gasteiger charge is -2.14. The van der Waals surface area contributed by atoms with Crippen molar-refractivity contribution in [3.05, 3.63) is 16.4 Å². The van der Waals surface area contributed by atoms with Crippen molar-refractivity contribution < 1.29 is 0 Å². The molecule has 1 heterocycles. The average Bonchev–Trinajstić information content (AvgIpc) is 2.61. The predicted octanol–water partition coefficient (Wildman–Crippen LogP) is 3.64. The molecule has 1 rings (SSSR count). The SMILES string of the molecule is CCCCCC(N)c1c(Br)cnn1CCC. The summed E-state index contributed by atoms with van der Waals surface area (Å²) in [6.45, 7) is 5.31. The van der Waals surface area contributed by atoms with Gasteiger partial charge in [0.05, 0.1) is 16.4 Å². The van der Waals surface area contributed by atoms with Gasteiger partial charge in [0.2, 0.25) is 0 Å².